The highest BCUT2D eigenvalue weighted by Gasteiger charge is 2.36. The first-order valence-electron chi connectivity index (χ1n) is 10.3. The Morgan fingerprint density at radius 2 is 1.86 bits per heavy atom. The first-order valence-corrected chi connectivity index (χ1v) is 10.7. The zero-order valence-electron chi connectivity index (χ0n) is 18.2. The highest BCUT2D eigenvalue weighted by Crippen LogP contribution is 2.29. The van der Waals surface area contributed by atoms with Gasteiger partial charge < -0.3 is 4.74 Å². The van der Waals surface area contributed by atoms with Crippen LogP contribution in [0.5, 0.6) is 5.75 Å². The van der Waals surface area contributed by atoms with Crippen LogP contribution < -0.4 is 9.64 Å². The number of hydrazone groups is 1. The summed E-state index contributed by atoms with van der Waals surface area (Å²) in [5.41, 5.74) is 1.63. The summed E-state index contributed by atoms with van der Waals surface area (Å²) >= 11 is 6.00. The number of rotatable bonds is 5. The Bertz CT molecular complexity index is 1370. The number of hydrogen-bond donors (Lipinski definition) is 0. The lowest BCUT2D eigenvalue weighted by atomic mass is 10.0. The van der Waals surface area contributed by atoms with Crippen LogP contribution in [0.25, 0.3) is 0 Å². The normalized spacial score (nSPS) is 15.1. The van der Waals surface area contributed by atoms with E-state index in [0.29, 0.717) is 21.9 Å². The van der Waals surface area contributed by atoms with Crippen molar-refractivity contribution in [1.29, 1.82) is 10.5 Å². The van der Waals surface area contributed by atoms with E-state index in [2.05, 4.69) is 14.9 Å². The predicted molar refractivity (Wildman–Crippen MR) is 122 cm³/mol. The maximum absolute atomic E-state index is 13.4. The van der Waals surface area contributed by atoms with Crippen LogP contribution in [0.4, 0.5) is 23.7 Å². The number of nitrogens with zero attached hydrogens (tertiary/aromatic N) is 7. The summed E-state index contributed by atoms with van der Waals surface area (Å²) in [6.45, 7) is -0.355. The van der Waals surface area contributed by atoms with Crippen LogP contribution in [0, 0.1) is 22.7 Å². The van der Waals surface area contributed by atoms with E-state index in [1.165, 1.54) is 29.2 Å². The molecule has 0 fully saturated rings. The molecular weight excluding hydrogens is 499 g/mol. The molecule has 13 heteroatoms. The van der Waals surface area contributed by atoms with Gasteiger partial charge in [0.1, 0.15) is 24.4 Å². The van der Waals surface area contributed by atoms with Crippen molar-refractivity contribution in [3.05, 3.63) is 77.1 Å². The fraction of sp³-hybridized carbons (Fsp3) is 0.174. The Balaban J connectivity index is 1.65. The number of carbonyl (C=O) groups excluding carboxylic acids is 1. The predicted octanol–water partition coefficient (Wildman–Crippen LogP) is 4.72. The molecule has 2 aromatic carbocycles. The molecule has 0 bridgehead atoms. The number of aromatic nitrogens is 2. The van der Waals surface area contributed by atoms with E-state index < -0.39 is 24.2 Å². The zero-order valence-corrected chi connectivity index (χ0v) is 19.0. The molecule has 182 valence electrons. The third-order valence-corrected chi connectivity index (χ3v) is 5.39. The van der Waals surface area contributed by atoms with Gasteiger partial charge in [-0.1, -0.05) is 23.7 Å². The summed E-state index contributed by atoms with van der Waals surface area (Å²) < 4.78 is 42.8. The maximum atomic E-state index is 13.4. The fourth-order valence-electron chi connectivity index (χ4n) is 3.56. The molecule has 0 saturated heterocycles. The molecule has 0 aliphatic carbocycles. The third-order valence-electron chi connectivity index (χ3n) is 5.14. The summed E-state index contributed by atoms with van der Waals surface area (Å²) in [5, 5.41) is 28.8. The molecule has 0 N–H and O–H groups in total. The number of alkyl halides is 3. The van der Waals surface area contributed by atoms with Crippen molar-refractivity contribution in [2.75, 3.05) is 18.0 Å². The molecule has 9 nitrogen and oxygen atoms in total. The van der Waals surface area contributed by atoms with Crippen LogP contribution >= 0.6 is 11.6 Å². The Labute approximate surface area is 207 Å². The number of anilines is 1. The highest BCUT2D eigenvalue weighted by molar-refractivity contribution is 6.30. The van der Waals surface area contributed by atoms with Gasteiger partial charge in [-0.15, -0.1) is 13.2 Å². The molecule has 0 spiro atoms. The fourth-order valence-corrected chi connectivity index (χ4v) is 3.69. The SMILES string of the molecule is N#CCN(C(=O)N1CC(n2cc(C#N)cn2)C(c2ccc(Cl)cc2)=N1)c1ccc(OC(F)(F)F)cc1. The van der Waals surface area contributed by atoms with Gasteiger partial charge >= 0.3 is 12.4 Å². The summed E-state index contributed by atoms with van der Waals surface area (Å²) in [4.78, 5) is 14.5. The molecule has 0 radical (unpaired) electrons. The topological polar surface area (TPSA) is 111 Å². The van der Waals surface area contributed by atoms with Gasteiger partial charge in [0.2, 0.25) is 0 Å². The Morgan fingerprint density at radius 3 is 2.44 bits per heavy atom. The average molecular weight is 514 g/mol. The largest absolute Gasteiger partial charge is 0.573 e. The number of urea groups is 1. The molecule has 1 unspecified atom stereocenters. The second kappa shape index (κ2) is 9.98. The standard InChI is InChI=1S/C23H15ClF3N7O2/c24-17-3-1-16(2-4-17)21-20(33-13-15(11-29)12-30-33)14-34(31-21)22(35)32(10-9-28)18-5-7-19(8-6-18)36-23(25,26)27/h1-8,12-13,20H,10,14H2. The van der Waals surface area contributed by atoms with Crippen molar-refractivity contribution >= 4 is 29.0 Å². The molecule has 4 rings (SSSR count). The third kappa shape index (κ3) is 5.40. The van der Waals surface area contributed by atoms with Gasteiger partial charge in [-0.3, -0.25) is 9.58 Å². The highest BCUT2D eigenvalue weighted by atomic mass is 35.5. The van der Waals surface area contributed by atoms with Crippen LogP contribution in [-0.2, 0) is 0 Å². The van der Waals surface area contributed by atoms with E-state index in [1.54, 1.807) is 24.3 Å². The molecular formula is C23H15ClF3N7O2. The lowest BCUT2D eigenvalue weighted by molar-refractivity contribution is -0.274. The summed E-state index contributed by atoms with van der Waals surface area (Å²) in [7, 11) is 0. The van der Waals surface area contributed by atoms with Crippen molar-refractivity contribution in [2.45, 2.75) is 12.4 Å². The van der Waals surface area contributed by atoms with Crippen molar-refractivity contribution in [2.24, 2.45) is 5.10 Å². The number of benzene rings is 2. The molecule has 2 amide bonds. The molecule has 36 heavy (non-hydrogen) atoms. The number of carbonyl (C=O) groups is 1. The number of amides is 2. The van der Waals surface area contributed by atoms with Crippen LogP contribution in [0.3, 0.4) is 0 Å². The monoisotopic (exact) mass is 513 g/mol. The molecule has 1 atom stereocenters. The van der Waals surface area contributed by atoms with Gasteiger partial charge in [-0.25, -0.2) is 9.80 Å². The number of ether oxygens (including phenoxy) is 1. The molecule has 1 aliphatic rings. The Kier molecular flexibility index (Phi) is 6.81. The van der Waals surface area contributed by atoms with E-state index in [4.69, 9.17) is 16.9 Å². The average Bonchev–Trinajstić information content (AvgIpc) is 3.50. The van der Waals surface area contributed by atoms with E-state index >= 15 is 0 Å². The molecule has 0 saturated carbocycles. The minimum Gasteiger partial charge on any atom is -0.406 e. The summed E-state index contributed by atoms with van der Waals surface area (Å²) in [6.07, 6.45) is -1.95. The van der Waals surface area contributed by atoms with Gasteiger partial charge in [0.25, 0.3) is 0 Å². The first-order chi connectivity index (χ1) is 17.2. The van der Waals surface area contributed by atoms with Crippen molar-refractivity contribution in [3.8, 4) is 17.9 Å². The Hall–Kier alpha value is -4.55. The van der Waals surface area contributed by atoms with E-state index in [0.717, 1.165) is 22.0 Å². The van der Waals surface area contributed by atoms with Gasteiger partial charge in [0.15, 0.2) is 0 Å². The van der Waals surface area contributed by atoms with Gasteiger partial charge in [-0.05, 0) is 36.4 Å². The first kappa shape index (κ1) is 24.6. The zero-order chi connectivity index (χ0) is 25.9. The maximum Gasteiger partial charge on any atom is 0.573 e. The number of halogens is 4. The van der Waals surface area contributed by atoms with E-state index in [-0.39, 0.29) is 18.8 Å². The quantitative estimate of drug-likeness (QED) is 0.458. The van der Waals surface area contributed by atoms with Crippen molar-refractivity contribution in [1.82, 2.24) is 14.8 Å². The number of nitriles is 2. The van der Waals surface area contributed by atoms with Crippen LogP contribution in [-0.4, -0.2) is 46.0 Å². The smallest absolute Gasteiger partial charge is 0.406 e. The minimum absolute atomic E-state index is 0.0283. The van der Waals surface area contributed by atoms with E-state index in [1.807, 2.05) is 12.1 Å². The van der Waals surface area contributed by atoms with Crippen molar-refractivity contribution < 1.29 is 22.7 Å². The van der Waals surface area contributed by atoms with Gasteiger partial charge in [0, 0.05) is 22.5 Å². The second-order valence-corrected chi connectivity index (χ2v) is 7.92. The van der Waals surface area contributed by atoms with Gasteiger partial charge in [-0.2, -0.15) is 20.7 Å². The van der Waals surface area contributed by atoms with Gasteiger partial charge in [0.05, 0.1) is 30.1 Å². The lowest BCUT2D eigenvalue weighted by Crippen LogP contribution is -2.41. The Morgan fingerprint density at radius 1 is 1.17 bits per heavy atom. The van der Waals surface area contributed by atoms with Crippen LogP contribution in [0.1, 0.15) is 17.2 Å². The van der Waals surface area contributed by atoms with Crippen molar-refractivity contribution in [3.63, 3.8) is 0 Å². The molecule has 2 heterocycles. The molecule has 1 aromatic heterocycles. The molecule has 3 aromatic rings. The van der Waals surface area contributed by atoms with E-state index in [9.17, 15) is 23.2 Å². The van der Waals surface area contributed by atoms with Crippen LogP contribution in [0.2, 0.25) is 5.02 Å². The summed E-state index contributed by atoms with van der Waals surface area (Å²) in [5.74, 6) is -0.466. The van der Waals surface area contributed by atoms with Crippen LogP contribution in [0.15, 0.2) is 66.0 Å². The summed E-state index contributed by atoms with van der Waals surface area (Å²) in [6, 6.07) is 14.0. The second-order valence-electron chi connectivity index (χ2n) is 7.48. The lowest BCUT2D eigenvalue weighted by Gasteiger charge is -2.24. The minimum atomic E-state index is -4.86. The molecule has 1 aliphatic heterocycles. The number of hydrogen-bond acceptors (Lipinski definition) is 6.